The molecule has 0 aliphatic heterocycles. The van der Waals surface area contributed by atoms with Crippen LogP contribution in [0.25, 0.3) is 0 Å². The van der Waals surface area contributed by atoms with Crippen molar-refractivity contribution in [3.8, 4) is 0 Å². The van der Waals surface area contributed by atoms with Gasteiger partial charge in [0.2, 0.25) is 0 Å². The third kappa shape index (κ3) is 11.2. The summed E-state index contributed by atoms with van der Waals surface area (Å²) in [6.45, 7) is 0. The average Bonchev–Trinajstić information content (AvgIpc) is 2.32. The molecular formula is C12H21B3O2. The van der Waals surface area contributed by atoms with Crippen molar-refractivity contribution in [1.82, 2.24) is 0 Å². The maximum absolute atomic E-state index is 10.2. The third-order valence-corrected chi connectivity index (χ3v) is 2.41. The number of aryl methyl sites for hydroxylation is 1. The molecule has 90 valence electrons. The molecule has 0 aliphatic carbocycles. The van der Waals surface area contributed by atoms with E-state index in [0.29, 0.717) is 0 Å². The van der Waals surface area contributed by atoms with Crippen LogP contribution in [0.1, 0.15) is 18.4 Å². The largest absolute Gasteiger partial charge is 0.481 e. The maximum atomic E-state index is 10.2. The van der Waals surface area contributed by atoms with Crippen LogP contribution in [0.3, 0.4) is 0 Å². The summed E-state index contributed by atoms with van der Waals surface area (Å²) in [4.78, 5) is 10.2. The molecule has 0 spiro atoms. The quantitative estimate of drug-likeness (QED) is 0.723. The molecule has 1 aromatic carbocycles. The molecule has 2 nitrogen and oxygen atoms in total. The van der Waals surface area contributed by atoms with Gasteiger partial charge in [-0.25, -0.2) is 0 Å². The molecule has 1 N–H and O–H groups in total. The summed E-state index contributed by atoms with van der Waals surface area (Å²) in [5.41, 5.74) is 1.21. The number of rotatable bonds is 6. The summed E-state index contributed by atoms with van der Waals surface area (Å²) in [6.07, 6.45) is 4.52. The zero-order valence-electron chi connectivity index (χ0n) is 11.0. The first kappa shape index (κ1) is 15.9. The fourth-order valence-electron chi connectivity index (χ4n) is 1.44. The minimum Gasteiger partial charge on any atom is -0.481 e. The Morgan fingerprint density at radius 3 is 2.18 bits per heavy atom. The highest BCUT2D eigenvalue weighted by atomic mass is 16.4. The highest BCUT2D eigenvalue weighted by molar-refractivity contribution is 6.54. The topological polar surface area (TPSA) is 37.3 Å². The third-order valence-electron chi connectivity index (χ3n) is 2.41. The summed E-state index contributed by atoms with van der Waals surface area (Å²) in [7, 11) is 5.81. The van der Waals surface area contributed by atoms with Gasteiger partial charge in [-0.1, -0.05) is 30.3 Å². The number of carboxylic acid groups (broad SMARTS) is 1. The smallest absolute Gasteiger partial charge is 0.303 e. The molecule has 1 rings (SSSR count). The highest BCUT2D eigenvalue weighted by Crippen LogP contribution is 2.03. The van der Waals surface area contributed by atoms with Gasteiger partial charge >= 0.3 is 5.97 Å². The van der Waals surface area contributed by atoms with Crippen LogP contribution in [0.5, 0.6) is 0 Å². The first-order chi connectivity index (χ1) is 8.20. The molecule has 0 amide bonds. The highest BCUT2D eigenvalue weighted by Gasteiger charge is 1.96. The van der Waals surface area contributed by atoms with E-state index in [2.05, 4.69) is 15.7 Å². The van der Waals surface area contributed by atoms with Crippen LogP contribution in [-0.2, 0) is 11.2 Å². The number of hydrogen-bond acceptors (Lipinski definition) is 1. The van der Waals surface area contributed by atoms with Gasteiger partial charge in [0.05, 0.1) is 15.7 Å². The molecule has 5 heteroatoms. The fourth-order valence-corrected chi connectivity index (χ4v) is 1.44. The Hall–Kier alpha value is -1.12. The van der Waals surface area contributed by atoms with Crippen LogP contribution >= 0.6 is 0 Å². The van der Waals surface area contributed by atoms with E-state index in [-0.39, 0.29) is 6.42 Å². The Balaban J connectivity index is 0.000000437. The standard InChI is InChI=1S/C10H12O2.C2H9B3/c11-10(12)8-4-7-9-5-2-1-3-6-9;3-1-5-2-4/h1-3,5-6H,4,7-8H2,(H,11,12);5H,1-4H2. The van der Waals surface area contributed by atoms with E-state index >= 15 is 0 Å². The van der Waals surface area contributed by atoms with Crippen LogP contribution in [0.4, 0.5) is 0 Å². The molecule has 0 aliphatic rings. The predicted molar refractivity (Wildman–Crippen MR) is 80.9 cm³/mol. The average molecular weight is 230 g/mol. The predicted octanol–water partition coefficient (Wildman–Crippen LogP) is 0.535. The van der Waals surface area contributed by atoms with Gasteiger partial charge in [-0.05, 0) is 18.4 Å². The number of hydrogen-bond donors (Lipinski definition) is 1. The van der Waals surface area contributed by atoms with Gasteiger partial charge in [0, 0.05) is 6.42 Å². The Labute approximate surface area is 107 Å². The second-order valence-corrected chi connectivity index (χ2v) is 4.09. The van der Waals surface area contributed by atoms with E-state index in [1.165, 1.54) is 25.3 Å². The minimum atomic E-state index is -0.717. The summed E-state index contributed by atoms with van der Waals surface area (Å²) < 4.78 is 0. The maximum Gasteiger partial charge on any atom is 0.303 e. The van der Waals surface area contributed by atoms with Gasteiger partial charge in [-0.2, -0.15) is 0 Å². The van der Waals surface area contributed by atoms with Gasteiger partial charge in [0.1, 0.15) is 7.28 Å². The Morgan fingerprint density at radius 2 is 1.76 bits per heavy atom. The van der Waals surface area contributed by atoms with Gasteiger partial charge in [0.25, 0.3) is 0 Å². The fraction of sp³-hybridized carbons (Fsp3) is 0.417. The molecule has 0 radical (unpaired) electrons. The molecule has 0 atom stereocenters. The van der Waals surface area contributed by atoms with Crippen LogP contribution in [-0.4, -0.2) is 34.0 Å². The van der Waals surface area contributed by atoms with Crippen molar-refractivity contribution in [3.05, 3.63) is 35.9 Å². The number of carbonyl (C=O) groups is 1. The molecule has 0 saturated heterocycles. The summed E-state index contributed by atoms with van der Waals surface area (Å²) >= 11 is 0. The number of benzene rings is 1. The second-order valence-electron chi connectivity index (χ2n) is 4.09. The first-order valence-corrected chi connectivity index (χ1v) is 6.46. The molecule has 0 saturated carbocycles. The summed E-state index contributed by atoms with van der Waals surface area (Å²) in [5, 5.41) is 8.39. The molecule has 17 heavy (non-hydrogen) atoms. The Bertz CT molecular complexity index is 289. The molecule has 0 aromatic heterocycles. The van der Waals surface area contributed by atoms with Crippen molar-refractivity contribution in [1.29, 1.82) is 0 Å². The van der Waals surface area contributed by atoms with E-state index in [1.54, 1.807) is 0 Å². The van der Waals surface area contributed by atoms with Crippen molar-refractivity contribution < 1.29 is 9.90 Å². The monoisotopic (exact) mass is 230 g/mol. The van der Waals surface area contributed by atoms with E-state index in [9.17, 15) is 4.79 Å². The SMILES string of the molecule is BCBCB.O=C(O)CCCc1ccccc1. The van der Waals surface area contributed by atoms with Crippen LogP contribution in [0.2, 0.25) is 12.4 Å². The zero-order valence-corrected chi connectivity index (χ0v) is 11.0. The number of aliphatic carboxylic acids is 1. The lowest BCUT2D eigenvalue weighted by molar-refractivity contribution is -0.137. The van der Waals surface area contributed by atoms with Crippen molar-refractivity contribution >= 4 is 28.9 Å². The number of carboxylic acids is 1. The van der Waals surface area contributed by atoms with Crippen molar-refractivity contribution in [2.45, 2.75) is 31.7 Å². The summed E-state index contributed by atoms with van der Waals surface area (Å²) in [6, 6.07) is 9.93. The van der Waals surface area contributed by atoms with Crippen molar-refractivity contribution in [2.24, 2.45) is 0 Å². The summed E-state index contributed by atoms with van der Waals surface area (Å²) in [5.74, 6) is -0.717. The Morgan fingerprint density at radius 1 is 1.18 bits per heavy atom. The normalized spacial score (nSPS) is 8.94. The lowest BCUT2D eigenvalue weighted by atomic mass is 9.58. The van der Waals surface area contributed by atoms with Crippen molar-refractivity contribution in [3.63, 3.8) is 0 Å². The van der Waals surface area contributed by atoms with Gasteiger partial charge < -0.3 is 5.11 Å². The minimum absolute atomic E-state index is 0.259. The molecule has 0 unspecified atom stereocenters. The first-order valence-electron chi connectivity index (χ1n) is 6.46. The van der Waals surface area contributed by atoms with Gasteiger partial charge in [-0.3, -0.25) is 4.79 Å². The van der Waals surface area contributed by atoms with Crippen LogP contribution in [0, 0.1) is 0 Å². The lowest BCUT2D eigenvalue weighted by Crippen LogP contribution is -1.95. The van der Waals surface area contributed by atoms with E-state index in [1.807, 2.05) is 30.3 Å². The van der Waals surface area contributed by atoms with Crippen LogP contribution < -0.4 is 0 Å². The van der Waals surface area contributed by atoms with E-state index in [4.69, 9.17) is 5.11 Å². The molecule has 0 bridgehead atoms. The molecule has 1 aromatic rings. The molecule has 0 fully saturated rings. The van der Waals surface area contributed by atoms with Gasteiger partial charge in [0.15, 0.2) is 0 Å². The molecule has 0 heterocycles. The van der Waals surface area contributed by atoms with E-state index in [0.717, 1.165) is 12.8 Å². The zero-order chi connectivity index (χ0) is 12.9. The van der Waals surface area contributed by atoms with Crippen LogP contribution in [0.15, 0.2) is 30.3 Å². The van der Waals surface area contributed by atoms with E-state index < -0.39 is 5.97 Å². The second kappa shape index (κ2) is 11.4. The lowest BCUT2D eigenvalue weighted by Gasteiger charge is -1.97. The molecular weight excluding hydrogens is 209 g/mol. The Kier molecular flexibility index (Phi) is 10.6. The van der Waals surface area contributed by atoms with Gasteiger partial charge in [-0.15, -0.1) is 12.4 Å². The van der Waals surface area contributed by atoms with Crippen molar-refractivity contribution in [2.75, 3.05) is 0 Å².